The molecule has 98 valence electrons. The van der Waals surface area contributed by atoms with E-state index < -0.39 is 0 Å². The van der Waals surface area contributed by atoms with E-state index in [2.05, 4.69) is 36.9 Å². The molecule has 1 aromatic rings. The first-order valence-corrected chi connectivity index (χ1v) is 7.14. The Hall–Kier alpha value is -1.12. The first-order valence-electron chi connectivity index (χ1n) is 7.14. The second kappa shape index (κ2) is 4.22. The van der Waals surface area contributed by atoms with E-state index in [1.54, 1.807) is 0 Å². The number of fused-ring (bicyclic) bond motifs is 1. The highest BCUT2D eigenvalue weighted by molar-refractivity contribution is 5.36. The summed E-state index contributed by atoms with van der Waals surface area (Å²) in [7, 11) is 0. The van der Waals surface area contributed by atoms with Gasteiger partial charge in [0, 0.05) is 25.0 Å². The van der Waals surface area contributed by atoms with E-state index in [-0.39, 0.29) is 0 Å². The lowest BCUT2D eigenvalue weighted by molar-refractivity contribution is 0.263. The maximum atomic E-state index is 4.77. The third-order valence-corrected chi connectivity index (χ3v) is 4.50. The molecule has 18 heavy (non-hydrogen) atoms. The molecule has 0 saturated carbocycles. The van der Waals surface area contributed by atoms with Gasteiger partial charge in [-0.1, -0.05) is 20.8 Å². The van der Waals surface area contributed by atoms with Crippen molar-refractivity contribution in [3.8, 4) is 0 Å². The predicted molar refractivity (Wildman–Crippen MR) is 73.8 cm³/mol. The summed E-state index contributed by atoms with van der Waals surface area (Å²) in [5.41, 5.74) is 3.05. The van der Waals surface area contributed by atoms with Crippen LogP contribution in [0.2, 0.25) is 0 Å². The highest BCUT2D eigenvalue weighted by Crippen LogP contribution is 2.35. The molecule has 0 aromatic carbocycles. The molecule has 1 saturated heterocycles. The van der Waals surface area contributed by atoms with E-state index >= 15 is 0 Å². The first kappa shape index (κ1) is 11.9. The fourth-order valence-electron chi connectivity index (χ4n) is 3.10. The van der Waals surface area contributed by atoms with Crippen LogP contribution in [0.1, 0.15) is 44.9 Å². The van der Waals surface area contributed by atoms with Gasteiger partial charge < -0.3 is 4.90 Å². The minimum absolute atomic E-state index is 0.394. The SMILES string of the molecule is CC(C)(C)C1CCN(c2ncc3c(n2)CCC3)C1. The Labute approximate surface area is 110 Å². The molecular weight excluding hydrogens is 222 g/mol. The molecule has 0 amide bonds. The van der Waals surface area contributed by atoms with Gasteiger partial charge in [0.1, 0.15) is 0 Å². The average molecular weight is 245 g/mol. The van der Waals surface area contributed by atoms with Crippen molar-refractivity contribution in [2.24, 2.45) is 11.3 Å². The summed E-state index contributed by atoms with van der Waals surface area (Å²) in [6.07, 6.45) is 6.87. The molecule has 0 bridgehead atoms. The Morgan fingerprint density at radius 2 is 2.11 bits per heavy atom. The van der Waals surface area contributed by atoms with E-state index in [0.29, 0.717) is 5.41 Å². The van der Waals surface area contributed by atoms with Gasteiger partial charge in [0.05, 0.1) is 0 Å². The van der Waals surface area contributed by atoms with Crippen molar-refractivity contribution in [2.75, 3.05) is 18.0 Å². The van der Waals surface area contributed by atoms with Crippen LogP contribution < -0.4 is 4.90 Å². The number of hydrogen-bond acceptors (Lipinski definition) is 3. The summed E-state index contributed by atoms with van der Waals surface area (Å²) >= 11 is 0. The molecule has 1 aliphatic carbocycles. The number of rotatable bonds is 1. The van der Waals surface area contributed by atoms with Crippen molar-refractivity contribution < 1.29 is 0 Å². The van der Waals surface area contributed by atoms with Gasteiger partial charge in [0.15, 0.2) is 0 Å². The van der Waals surface area contributed by atoms with Crippen LogP contribution in [-0.2, 0) is 12.8 Å². The number of anilines is 1. The number of aryl methyl sites for hydroxylation is 2. The van der Waals surface area contributed by atoms with Crippen LogP contribution in [0.3, 0.4) is 0 Å². The third kappa shape index (κ3) is 2.11. The zero-order valence-electron chi connectivity index (χ0n) is 11.7. The summed E-state index contributed by atoms with van der Waals surface area (Å²) < 4.78 is 0. The quantitative estimate of drug-likeness (QED) is 0.762. The minimum Gasteiger partial charge on any atom is -0.341 e. The first-order chi connectivity index (χ1) is 8.54. The van der Waals surface area contributed by atoms with Gasteiger partial charge in [-0.25, -0.2) is 9.97 Å². The van der Waals surface area contributed by atoms with Gasteiger partial charge in [-0.2, -0.15) is 0 Å². The van der Waals surface area contributed by atoms with E-state index in [0.717, 1.165) is 31.4 Å². The topological polar surface area (TPSA) is 29.0 Å². The van der Waals surface area contributed by atoms with Crippen molar-refractivity contribution in [3.63, 3.8) is 0 Å². The second-order valence-corrected chi connectivity index (χ2v) is 6.79. The fraction of sp³-hybridized carbons (Fsp3) is 0.733. The van der Waals surface area contributed by atoms with Crippen LogP contribution in [0.15, 0.2) is 6.20 Å². The average Bonchev–Trinajstić information content (AvgIpc) is 2.96. The molecule has 1 aliphatic heterocycles. The molecule has 0 N–H and O–H groups in total. The Balaban J connectivity index is 1.77. The fourth-order valence-corrected chi connectivity index (χ4v) is 3.10. The second-order valence-electron chi connectivity index (χ2n) is 6.79. The molecule has 0 radical (unpaired) electrons. The zero-order valence-corrected chi connectivity index (χ0v) is 11.7. The number of aromatic nitrogens is 2. The van der Waals surface area contributed by atoms with Gasteiger partial charge >= 0.3 is 0 Å². The highest BCUT2D eigenvalue weighted by Gasteiger charge is 2.33. The van der Waals surface area contributed by atoms with Gasteiger partial charge in [-0.3, -0.25) is 0 Å². The van der Waals surface area contributed by atoms with E-state index in [4.69, 9.17) is 4.98 Å². The molecular formula is C15H23N3. The maximum Gasteiger partial charge on any atom is 0.225 e. The van der Waals surface area contributed by atoms with Crippen LogP contribution in [0.25, 0.3) is 0 Å². The molecule has 3 rings (SSSR count). The van der Waals surface area contributed by atoms with Gasteiger partial charge in [-0.05, 0) is 42.6 Å². The molecule has 2 heterocycles. The monoisotopic (exact) mass is 245 g/mol. The number of nitrogens with zero attached hydrogens (tertiary/aromatic N) is 3. The zero-order chi connectivity index (χ0) is 12.8. The van der Waals surface area contributed by atoms with Gasteiger partial charge in [-0.15, -0.1) is 0 Å². The molecule has 2 aliphatic rings. The van der Waals surface area contributed by atoms with Crippen molar-refractivity contribution in [1.29, 1.82) is 0 Å². The van der Waals surface area contributed by atoms with Crippen molar-refractivity contribution >= 4 is 5.95 Å². The largest absolute Gasteiger partial charge is 0.341 e. The molecule has 0 spiro atoms. The molecule has 1 fully saturated rings. The molecule has 1 atom stereocenters. The van der Waals surface area contributed by atoms with Crippen molar-refractivity contribution in [3.05, 3.63) is 17.5 Å². The normalized spacial score (nSPS) is 23.5. The smallest absolute Gasteiger partial charge is 0.225 e. The highest BCUT2D eigenvalue weighted by atomic mass is 15.3. The summed E-state index contributed by atoms with van der Waals surface area (Å²) in [5.74, 6) is 1.72. The number of hydrogen-bond donors (Lipinski definition) is 0. The molecule has 1 aromatic heterocycles. The third-order valence-electron chi connectivity index (χ3n) is 4.50. The summed E-state index contributed by atoms with van der Waals surface area (Å²) in [6, 6.07) is 0. The lowest BCUT2D eigenvalue weighted by Crippen LogP contribution is -2.27. The van der Waals surface area contributed by atoms with Gasteiger partial charge in [0.2, 0.25) is 5.95 Å². The Morgan fingerprint density at radius 3 is 2.83 bits per heavy atom. The van der Waals surface area contributed by atoms with Crippen LogP contribution in [0, 0.1) is 11.3 Å². The Kier molecular flexibility index (Phi) is 2.80. The van der Waals surface area contributed by atoms with Crippen molar-refractivity contribution in [1.82, 2.24) is 9.97 Å². The summed E-state index contributed by atoms with van der Waals surface area (Å²) in [4.78, 5) is 11.7. The summed E-state index contributed by atoms with van der Waals surface area (Å²) in [6.45, 7) is 9.24. The summed E-state index contributed by atoms with van der Waals surface area (Å²) in [5, 5.41) is 0. The lowest BCUT2D eigenvalue weighted by Gasteiger charge is -2.27. The van der Waals surface area contributed by atoms with Crippen LogP contribution in [0.5, 0.6) is 0 Å². The van der Waals surface area contributed by atoms with E-state index in [1.165, 1.54) is 30.5 Å². The van der Waals surface area contributed by atoms with Gasteiger partial charge in [0.25, 0.3) is 0 Å². The lowest BCUT2D eigenvalue weighted by atomic mass is 9.80. The maximum absolute atomic E-state index is 4.77. The standard InChI is InChI=1S/C15H23N3/c1-15(2,3)12-7-8-18(10-12)14-16-9-11-5-4-6-13(11)17-14/h9,12H,4-8,10H2,1-3H3. The predicted octanol–water partition coefficient (Wildman–Crippen LogP) is 2.84. The molecule has 1 unspecified atom stereocenters. The van der Waals surface area contributed by atoms with Crippen LogP contribution in [-0.4, -0.2) is 23.1 Å². The Morgan fingerprint density at radius 1 is 1.28 bits per heavy atom. The van der Waals surface area contributed by atoms with Crippen molar-refractivity contribution in [2.45, 2.75) is 46.5 Å². The van der Waals surface area contributed by atoms with E-state index in [1.807, 2.05) is 0 Å². The van der Waals surface area contributed by atoms with Crippen LogP contribution in [0.4, 0.5) is 5.95 Å². The molecule has 3 heteroatoms. The van der Waals surface area contributed by atoms with E-state index in [9.17, 15) is 0 Å². The van der Waals surface area contributed by atoms with Crippen LogP contribution >= 0.6 is 0 Å². The Bertz CT molecular complexity index is 448. The minimum atomic E-state index is 0.394. The molecule has 3 nitrogen and oxygen atoms in total.